The first-order valence-electron chi connectivity index (χ1n) is 6.93. The van der Waals surface area contributed by atoms with E-state index in [1.165, 1.54) is 11.1 Å². The van der Waals surface area contributed by atoms with Crippen LogP contribution in [0.1, 0.15) is 17.5 Å². The van der Waals surface area contributed by atoms with Gasteiger partial charge in [0.2, 0.25) is 0 Å². The van der Waals surface area contributed by atoms with Crippen LogP contribution in [-0.2, 0) is 12.8 Å². The van der Waals surface area contributed by atoms with Crippen LogP contribution in [0.3, 0.4) is 0 Å². The van der Waals surface area contributed by atoms with Crippen LogP contribution in [0.15, 0.2) is 42.5 Å². The molecule has 0 bridgehead atoms. The molecule has 1 N–H and O–H groups in total. The van der Waals surface area contributed by atoms with Crippen LogP contribution in [0.2, 0.25) is 5.02 Å². The Morgan fingerprint density at radius 1 is 1.15 bits per heavy atom. The van der Waals surface area contributed by atoms with Crippen LogP contribution in [0, 0.1) is 0 Å². The Morgan fingerprint density at radius 2 is 1.95 bits per heavy atom. The minimum Gasteiger partial charge on any atom is -0.495 e. The van der Waals surface area contributed by atoms with Gasteiger partial charge in [-0.1, -0.05) is 35.9 Å². The molecular weight excluding hydrogens is 270 g/mol. The molecule has 1 aliphatic rings. The van der Waals surface area contributed by atoms with Crippen molar-refractivity contribution in [2.24, 2.45) is 0 Å². The average Bonchev–Trinajstić information content (AvgIpc) is 2.49. The molecular formula is C17H18ClNO. The molecule has 1 atom stereocenters. The van der Waals surface area contributed by atoms with Crippen molar-refractivity contribution in [1.29, 1.82) is 0 Å². The van der Waals surface area contributed by atoms with Crippen molar-refractivity contribution in [1.82, 2.24) is 0 Å². The molecule has 104 valence electrons. The zero-order valence-electron chi connectivity index (χ0n) is 11.5. The Morgan fingerprint density at radius 3 is 2.75 bits per heavy atom. The van der Waals surface area contributed by atoms with E-state index in [1.54, 1.807) is 7.11 Å². The summed E-state index contributed by atoms with van der Waals surface area (Å²) in [6.45, 7) is 0. The van der Waals surface area contributed by atoms with Crippen LogP contribution in [-0.4, -0.2) is 13.2 Å². The maximum Gasteiger partial charge on any atom is 0.139 e. The van der Waals surface area contributed by atoms with Crippen molar-refractivity contribution >= 4 is 17.3 Å². The predicted octanol–water partition coefficient (Wildman–Crippen LogP) is 4.32. The summed E-state index contributed by atoms with van der Waals surface area (Å²) in [7, 11) is 1.64. The summed E-state index contributed by atoms with van der Waals surface area (Å²) in [5.74, 6) is 0.716. The van der Waals surface area contributed by atoms with Gasteiger partial charge in [-0.05, 0) is 42.5 Å². The molecule has 3 heteroatoms. The lowest BCUT2D eigenvalue weighted by Crippen LogP contribution is -2.27. The molecule has 0 saturated carbocycles. The normalized spacial score (nSPS) is 17.4. The zero-order valence-corrected chi connectivity index (χ0v) is 12.3. The molecule has 2 nitrogen and oxygen atoms in total. The number of nitrogens with one attached hydrogen (secondary N) is 1. The van der Waals surface area contributed by atoms with Crippen molar-refractivity contribution in [2.45, 2.75) is 25.3 Å². The van der Waals surface area contributed by atoms with Gasteiger partial charge in [-0.3, -0.25) is 0 Å². The highest BCUT2D eigenvalue weighted by molar-refractivity contribution is 6.32. The molecule has 0 amide bonds. The first-order valence-corrected chi connectivity index (χ1v) is 7.31. The Labute approximate surface area is 124 Å². The lowest BCUT2D eigenvalue weighted by Gasteiger charge is -2.26. The second-order valence-corrected chi connectivity index (χ2v) is 5.61. The van der Waals surface area contributed by atoms with E-state index in [4.69, 9.17) is 16.3 Å². The van der Waals surface area contributed by atoms with E-state index < -0.39 is 0 Å². The first kappa shape index (κ1) is 13.3. The van der Waals surface area contributed by atoms with Crippen LogP contribution >= 0.6 is 11.6 Å². The van der Waals surface area contributed by atoms with Crippen molar-refractivity contribution < 1.29 is 4.74 Å². The maximum atomic E-state index is 6.05. The molecule has 0 saturated heterocycles. The molecule has 20 heavy (non-hydrogen) atoms. The van der Waals surface area contributed by atoms with Crippen molar-refractivity contribution in [3.63, 3.8) is 0 Å². The summed E-state index contributed by atoms with van der Waals surface area (Å²) in [4.78, 5) is 0. The standard InChI is InChI=1S/C17H18ClNO/c1-20-17-11-15(8-9-16(17)18)19-14-7-6-12-4-2-3-5-13(12)10-14/h2-5,8-9,11,14,19H,6-7,10H2,1H3. The summed E-state index contributed by atoms with van der Waals surface area (Å²) >= 11 is 6.05. The second kappa shape index (κ2) is 5.76. The van der Waals surface area contributed by atoms with Gasteiger partial charge in [0.25, 0.3) is 0 Å². The Bertz CT molecular complexity index is 612. The molecule has 3 rings (SSSR count). The van der Waals surface area contributed by atoms with Gasteiger partial charge in [0, 0.05) is 17.8 Å². The summed E-state index contributed by atoms with van der Waals surface area (Å²) in [5, 5.41) is 4.23. The summed E-state index contributed by atoms with van der Waals surface area (Å²) in [5.41, 5.74) is 4.01. The number of anilines is 1. The number of rotatable bonds is 3. The minimum absolute atomic E-state index is 0.468. The zero-order chi connectivity index (χ0) is 13.9. The van der Waals surface area contributed by atoms with Gasteiger partial charge in [-0.15, -0.1) is 0 Å². The molecule has 0 aliphatic heterocycles. The fourth-order valence-corrected chi connectivity index (χ4v) is 3.00. The summed E-state index contributed by atoms with van der Waals surface area (Å²) < 4.78 is 5.26. The monoisotopic (exact) mass is 287 g/mol. The van der Waals surface area contributed by atoms with E-state index >= 15 is 0 Å². The third kappa shape index (κ3) is 2.75. The molecule has 0 aromatic heterocycles. The number of hydrogen-bond donors (Lipinski definition) is 1. The van der Waals surface area contributed by atoms with Crippen LogP contribution < -0.4 is 10.1 Å². The predicted molar refractivity (Wildman–Crippen MR) is 83.9 cm³/mol. The third-order valence-corrected chi connectivity index (χ3v) is 4.18. The number of halogens is 1. The van der Waals surface area contributed by atoms with E-state index in [2.05, 4.69) is 29.6 Å². The van der Waals surface area contributed by atoms with Gasteiger partial charge in [0.15, 0.2) is 0 Å². The van der Waals surface area contributed by atoms with E-state index in [0.29, 0.717) is 16.8 Å². The van der Waals surface area contributed by atoms with E-state index in [0.717, 1.165) is 24.9 Å². The topological polar surface area (TPSA) is 21.3 Å². The van der Waals surface area contributed by atoms with E-state index in [-0.39, 0.29) is 0 Å². The Kier molecular flexibility index (Phi) is 3.83. The van der Waals surface area contributed by atoms with Gasteiger partial charge in [-0.25, -0.2) is 0 Å². The van der Waals surface area contributed by atoms with Gasteiger partial charge in [0.05, 0.1) is 12.1 Å². The Hall–Kier alpha value is -1.67. The number of aryl methyl sites for hydroxylation is 1. The lowest BCUT2D eigenvalue weighted by molar-refractivity contribution is 0.415. The molecule has 0 radical (unpaired) electrons. The molecule has 1 aliphatic carbocycles. The van der Waals surface area contributed by atoms with Crippen molar-refractivity contribution in [3.8, 4) is 5.75 Å². The smallest absolute Gasteiger partial charge is 0.139 e. The van der Waals surface area contributed by atoms with Crippen LogP contribution in [0.4, 0.5) is 5.69 Å². The van der Waals surface area contributed by atoms with Crippen molar-refractivity contribution in [2.75, 3.05) is 12.4 Å². The molecule has 2 aromatic carbocycles. The van der Waals surface area contributed by atoms with E-state index in [9.17, 15) is 0 Å². The highest BCUT2D eigenvalue weighted by atomic mass is 35.5. The highest BCUT2D eigenvalue weighted by Gasteiger charge is 2.18. The summed E-state index contributed by atoms with van der Waals surface area (Å²) in [6, 6.07) is 15.0. The molecule has 2 aromatic rings. The number of benzene rings is 2. The lowest BCUT2D eigenvalue weighted by atomic mass is 9.88. The second-order valence-electron chi connectivity index (χ2n) is 5.20. The maximum absolute atomic E-state index is 6.05. The van der Waals surface area contributed by atoms with E-state index in [1.807, 2.05) is 18.2 Å². The minimum atomic E-state index is 0.468. The van der Waals surface area contributed by atoms with Gasteiger partial charge < -0.3 is 10.1 Å². The van der Waals surface area contributed by atoms with Crippen LogP contribution in [0.5, 0.6) is 5.75 Å². The molecule has 0 fully saturated rings. The number of methoxy groups -OCH3 is 1. The molecule has 1 unspecified atom stereocenters. The SMILES string of the molecule is COc1cc(NC2CCc3ccccc3C2)ccc1Cl. The number of hydrogen-bond acceptors (Lipinski definition) is 2. The van der Waals surface area contributed by atoms with Crippen molar-refractivity contribution in [3.05, 3.63) is 58.6 Å². The largest absolute Gasteiger partial charge is 0.495 e. The number of fused-ring (bicyclic) bond motifs is 1. The van der Waals surface area contributed by atoms with Gasteiger partial charge in [-0.2, -0.15) is 0 Å². The number of ether oxygens (including phenoxy) is 1. The molecule has 0 heterocycles. The van der Waals surface area contributed by atoms with Gasteiger partial charge in [0.1, 0.15) is 5.75 Å². The fourth-order valence-electron chi connectivity index (χ4n) is 2.81. The van der Waals surface area contributed by atoms with Crippen LogP contribution in [0.25, 0.3) is 0 Å². The quantitative estimate of drug-likeness (QED) is 0.908. The van der Waals surface area contributed by atoms with Gasteiger partial charge >= 0.3 is 0 Å². The molecule has 0 spiro atoms. The Balaban J connectivity index is 1.73. The average molecular weight is 288 g/mol. The third-order valence-electron chi connectivity index (χ3n) is 3.87. The fraction of sp³-hybridized carbons (Fsp3) is 0.294. The highest BCUT2D eigenvalue weighted by Crippen LogP contribution is 2.29. The summed E-state index contributed by atoms with van der Waals surface area (Å²) in [6.07, 6.45) is 3.36. The first-order chi connectivity index (χ1) is 9.76.